The van der Waals surface area contributed by atoms with Crippen LogP contribution in [-0.4, -0.2) is 33.6 Å². The standard InChI is InChI=1S/C19H23NO5S/c1-14-4-2-5-15(10-14)12-26(22,23)13-17-7-8-18(25-17)19(21)20-11-16-6-3-9-24-16/h2,4-5,7-8,10,16H,3,6,9,11-13H2,1H3,(H,20,21)/t16-/m0/s1. The van der Waals surface area contributed by atoms with Gasteiger partial charge in [-0.1, -0.05) is 29.8 Å². The van der Waals surface area contributed by atoms with E-state index < -0.39 is 9.84 Å². The molecule has 0 saturated carbocycles. The van der Waals surface area contributed by atoms with E-state index in [1.54, 1.807) is 6.07 Å². The maximum atomic E-state index is 12.4. The van der Waals surface area contributed by atoms with Crippen LogP contribution < -0.4 is 5.32 Å². The number of amides is 1. The van der Waals surface area contributed by atoms with Crippen molar-refractivity contribution < 1.29 is 22.4 Å². The SMILES string of the molecule is Cc1cccc(CS(=O)(=O)Cc2ccc(C(=O)NC[C@@H]3CCCO3)o2)c1. The topological polar surface area (TPSA) is 85.6 Å². The molecule has 1 aromatic heterocycles. The number of hydrogen-bond acceptors (Lipinski definition) is 5. The van der Waals surface area contributed by atoms with Crippen molar-refractivity contribution in [2.75, 3.05) is 13.2 Å². The zero-order valence-electron chi connectivity index (χ0n) is 14.7. The largest absolute Gasteiger partial charge is 0.455 e. The van der Waals surface area contributed by atoms with E-state index in [0.717, 1.165) is 30.6 Å². The van der Waals surface area contributed by atoms with E-state index in [2.05, 4.69) is 5.32 Å². The highest BCUT2D eigenvalue weighted by Gasteiger charge is 2.20. The van der Waals surface area contributed by atoms with Gasteiger partial charge in [-0.2, -0.15) is 0 Å². The molecule has 1 atom stereocenters. The van der Waals surface area contributed by atoms with Crippen molar-refractivity contribution in [2.24, 2.45) is 0 Å². The molecule has 0 spiro atoms. The lowest BCUT2D eigenvalue weighted by molar-refractivity contribution is 0.0834. The Kier molecular flexibility index (Phi) is 5.78. The number of rotatable bonds is 7. The number of benzene rings is 1. The first-order valence-corrected chi connectivity index (χ1v) is 10.5. The fourth-order valence-corrected chi connectivity index (χ4v) is 4.38. The van der Waals surface area contributed by atoms with Crippen LogP contribution in [0.15, 0.2) is 40.8 Å². The summed E-state index contributed by atoms with van der Waals surface area (Å²) < 4.78 is 35.6. The molecule has 1 aliphatic rings. The van der Waals surface area contributed by atoms with E-state index in [0.29, 0.717) is 6.54 Å². The third-order valence-electron chi connectivity index (χ3n) is 4.23. The third kappa shape index (κ3) is 5.19. The summed E-state index contributed by atoms with van der Waals surface area (Å²) in [4.78, 5) is 12.1. The molecule has 0 aliphatic carbocycles. The molecule has 26 heavy (non-hydrogen) atoms. The Balaban J connectivity index is 1.57. The van der Waals surface area contributed by atoms with Gasteiger partial charge in [0.1, 0.15) is 11.5 Å². The molecule has 3 rings (SSSR count). The van der Waals surface area contributed by atoms with Crippen molar-refractivity contribution in [3.63, 3.8) is 0 Å². The van der Waals surface area contributed by atoms with Gasteiger partial charge in [-0.3, -0.25) is 4.79 Å². The van der Waals surface area contributed by atoms with Crippen molar-refractivity contribution in [1.82, 2.24) is 5.32 Å². The van der Waals surface area contributed by atoms with Gasteiger partial charge < -0.3 is 14.5 Å². The molecule has 140 valence electrons. The predicted octanol–water partition coefficient (Wildman–Crippen LogP) is 2.61. The van der Waals surface area contributed by atoms with E-state index in [-0.39, 0.29) is 35.0 Å². The normalized spacial score (nSPS) is 17.3. The number of aryl methyl sites for hydroxylation is 1. The van der Waals surface area contributed by atoms with Crippen molar-refractivity contribution >= 4 is 15.7 Å². The first kappa shape index (κ1) is 18.7. The van der Waals surface area contributed by atoms with Crippen LogP contribution in [-0.2, 0) is 26.1 Å². The number of hydrogen-bond donors (Lipinski definition) is 1. The maximum Gasteiger partial charge on any atom is 0.287 e. The lowest BCUT2D eigenvalue weighted by Crippen LogP contribution is -2.31. The summed E-state index contributed by atoms with van der Waals surface area (Å²) in [5, 5.41) is 2.76. The summed E-state index contributed by atoms with van der Waals surface area (Å²) in [6, 6.07) is 10.4. The molecule has 2 aromatic rings. The van der Waals surface area contributed by atoms with Gasteiger partial charge >= 0.3 is 0 Å². The zero-order chi connectivity index (χ0) is 18.6. The van der Waals surface area contributed by atoms with Crippen LogP contribution >= 0.6 is 0 Å². The Bertz CT molecular complexity index is 866. The number of sulfone groups is 1. The van der Waals surface area contributed by atoms with Crippen LogP contribution in [0.3, 0.4) is 0 Å². The molecule has 2 heterocycles. The monoisotopic (exact) mass is 377 g/mol. The number of furan rings is 1. The van der Waals surface area contributed by atoms with Gasteiger partial charge in [0.05, 0.1) is 11.9 Å². The Labute approximate surface area is 153 Å². The quantitative estimate of drug-likeness (QED) is 0.802. The summed E-state index contributed by atoms with van der Waals surface area (Å²) >= 11 is 0. The van der Waals surface area contributed by atoms with Gasteiger partial charge in [-0.15, -0.1) is 0 Å². The molecule has 7 heteroatoms. The number of nitrogens with one attached hydrogen (secondary N) is 1. The summed E-state index contributed by atoms with van der Waals surface area (Å²) in [7, 11) is -3.39. The fraction of sp³-hybridized carbons (Fsp3) is 0.421. The second-order valence-electron chi connectivity index (χ2n) is 6.63. The van der Waals surface area contributed by atoms with Crippen LogP contribution in [0, 0.1) is 6.92 Å². The molecule has 0 unspecified atom stereocenters. The predicted molar refractivity (Wildman–Crippen MR) is 97.5 cm³/mol. The molecule has 1 fully saturated rings. The molecule has 0 bridgehead atoms. The lowest BCUT2D eigenvalue weighted by atomic mass is 10.2. The highest BCUT2D eigenvalue weighted by atomic mass is 32.2. The van der Waals surface area contributed by atoms with Gasteiger partial charge in [-0.25, -0.2) is 8.42 Å². The smallest absolute Gasteiger partial charge is 0.287 e. The fourth-order valence-electron chi connectivity index (χ4n) is 3.00. The van der Waals surface area contributed by atoms with Crippen molar-refractivity contribution in [3.8, 4) is 0 Å². The Morgan fingerprint density at radius 2 is 2.08 bits per heavy atom. The minimum absolute atomic E-state index is 0.0445. The van der Waals surface area contributed by atoms with Gasteiger partial charge in [-0.05, 0) is 37.5 Å². The molecule has 1 N–H and O–H groups in total. The summed E-state index contributed by atoms with van der Waals surface area (Å²) in [6.45, 7) is 3.08. The second-order valence-corrected chi connectivity index (χ2v) is 8.70. The molecular weight excluding hydrogens is 354 g/mol. The first-order valence-electron chi connectivity index (χ1n) is 8.66. The molecular formula is C19H23NO5S. The van der Waals surface area contributed by atoms with E-state index in [1.165, 1.54) is 12.1 Å². The molecule has 1 amide bonds. The van der Waals surface area contributed by atoms with Crippen LogP contribution in [0.5, 0.6) is 0 Å². The number of carbonyl (C=O) groups excluding carboxylic acids is 1. The van der Waals surface area contributed by atoms with Crippen LogP contribution in [0.1, 0.15) is 40.3 Å². The highest BCUT2D eigenvalue weighted by Crippen LogP contribution is 2.16. The lowest BCUT2D eigenvalue weighted by Gasteiger charge is -2.09. The van der Waals surface area contributed by atoms with Gasteiger partial charge in [0.2, 0.25) is 0 Å². The van der Waals surface area contributed by atoms with E-state index in [1.807, 2.05) is 25.1 Å². The number of ether oxygens (including phenoxy) is 1. The van der Waals surface area contributed by atoms with Crippen LogP contribution in [0.25, 0.3) is 0 Å². The minimum Gasteiger partial charge on any atom is -0.455 e. The molecule has 6 nitrogen and oxygen atoms in total. The van der Waals surface area contributed by atoms with Crippen LogP contribution in [0.4, 0.5) is 0 Å². The van der Waals surface area contributed by atoms with Crippen molar-refractivity contribution in [1.29, 1.82) is 0 Å². The van der Waals surface area contributed by atoms with Gasteiger partial charge in [0, 0.05) is 13.2 Å². The molecule has 0 radical (unpaired) electrons. The Hall–Kier alpha value is -2.12. The average molecular weight is 377 g/mol. The third-order valence-corrected chi connectivity index (χ3v) is 5.73. The minimum atomic E-state index is -3.39. The van der Waals surface area contributed by atoms with E-state index in [9.17, 15) is 13.2 Å². The summed E-state index contributed by atoms with van der Waals surface area (Å²) in [5.41, 5.74) is 1.76. The second kappa shape index (κ2) is 8.05. The summed E-state index contributed by atoms with van der Waals surface area (Å²) in [6.07, 6.45) is 1.98. The summed E-state index contributed by atoms with van der Waals surface area (Å²) in [5.74, 6) is -0.276. The molecule has 1 saturated heterocycles. The zero-order valence-corrected chi connectivity index (χ0v) is 15.6. The van der Waals surface area contributed by atoms with E-state index >= 15 is 0 Å². The van der Waals surface area contributed by atoms with Crippen LogP contribution in [0.2, 0.25) is 0 Å². The Morgan fingerprint density at radius 1 is 1.23 bits per heavy atom. The molecule has 1 aliphatic heterocycles. The first-order chi connectivity index (χ1) is 12.4. The Morgan fingerprint density at radius 3 is 2.81 bits per heavy atom. The van der Waals surface area contributed by atoms with Gasteiger partial charge in [0.15, 0.2) is 15.6 Å². The van der Waals surface area contributed by atoms with Crippen molar-refractivity contribution in [3.05, 3.63) is 59.0 Å². The maximum absolute atomic E-state index is 12.4. The van der Waals surface area contributed by atoms with Crippen molar-refractivity contribution in [2.45, 2.75) is 37.4 Å². The van der Waals surface area contributed by atoms with Gasteiger partial charge in [0.25, 0.3) is 5.91 Å². The highest BCUT2D eigenvalue weighted by molar-refractivity contribution is 7.89. The molecule has 1 aromatic carbocycles. The van der Waals surface area contributed by atoms with E-state index in [4.69, 9.17) is 9.15 Å². The number of carbonyl (C=O) groups is 1. The average Bonchev–Trinajstić information content (AvgIpc) is 3.23.